The van der Waals surface area contributed by atoms with Crippen molar-refractivity contribution < 1.29 is 19.4 Å². The molecule has 2 amide bonds. The number of hydrogen-bond donors (Lipinski definition) is 2. The van der Waals surface area contributed by atoms with E-state index >= 15 is 0 Å². The van der Waals surface area contributed by atoms with Gasteiger partial charge in [0.05, 0.1) is 6.04 Å². The first-order valence-corrected chi connectivity index (χ1v) is 14.8. The molecular formula is C33H42N2O4. The van der Waals surface area contributed by atoms with Crippen LogP contribution in [0.3, 0.4) is 0 Å². The minimum atomic E-state index is -0.381. The molecule has 8 atom stereocenters. The molecule has 0 radical (unpaired) electrons. The lowest BCUT2D eigenvalue weighted by molar-refractivity contribution is -0.159. The summed E-state index contributed by atoms with van der Waals surface area (Å²) < 4.78 is 6.27. The van der Waals surface area contributed by atoms with E-state index < -0.39 is 0 Å². The molecule has 3 aliphatic carbocycles. The number of aromatic hydroxyl groups is 1. The summed E-state index contributed by atoms with van der Waals surface area (Å²) in [6, 6.07) is 16.9. The molecular weight excluding hydrogens is 488 g/mol. The minimum Gasteiger partial charge on any atom is -0.508 e. The van der Waals surface area contributed by atoms with E-state index in [4.69, 9.17) is 4.74 Å². The van der Waals surface area contributed by atoms with Crippen molar-refractivity contribution in [2.75, 3.05) is 7.05 Å². The Morgan fingerprint density at radius 1 is 0.923 bits per heavy atom. The molecule has 6 heteroatoms. The van der Waals surface area contributed by atoms with E-state index in [0.29, 0.717) is 36.1 Å². The fraction of sp³-hybridized carbons (Fsp3) is 0.576. The zero-order valence-electron chi connectivity index (χ0n) is 23.4. The highest BCUT2D eigenvalue weighted by Crippen LogP contribution is 2.65. The quantitative estimate of drug-likeness (QED) is 0.477. The average molecular weight is 531 g/mol. The van der Waals surface area contributed by atoms with Gasteiger partial charge in [0.1, 0.15) is 11.9 Å². The number of alkyl carbamates (subject to hydrolysis) is 1. The SMILES string of the molecule is CN1C(=O)CC[C@]2(C)[C@H]3CC[C@]4(C)[C@@H](OC(=O)NC(c5ccccc5)c5ccc(O)cc5)CC[C@H]4[C@@H]3CC[C@@H]12. The number of carbonyl (C=O) groups excluding carboxylic acids is 2. The number of hydrogen-bond acceptors (Lipinski definition) is 4. The molecule has 6 rings (SSSR count). The molecule has 4 aliphatic rings. The first kappa shape index (κ1) is 26.2. The second-order valence-electron chi connectivity index (χ2n) is 13.1. The van der Waals surface area contributed by atoms with Crippen LogP contribution in [0.15, 0.2) is 54.6 Å². The van der Waals surface area contributed by atoms with Crippen molar-refractivity contribution in [1.29, 1.82) is 0 Å². The number of nitrogens with zero attached hydrogens (tertiary/aromatic N) is 1. The van der Waals surface area contributed by atoms with Gasteiger partial charge in [0.25, 0.3) is 0 Å². The van der Waals surface area contributed by atoms with Crippen LogP contribution in [0.5, 0.6) is 5.75 Å². The molecule has 0 bridgehead atoms. The molecule has 1 unspecified atom stereocenters. The van der Waals surface area contributed by atoms with Crippen molar-refractivity contribution in [2.45, 2.75) is 83.4 Å². The monoisotopic (exact) mass is 530 g/mol. The predicted molar refractivity (Wildman–Crippen MR) is 150 cm³/mol. The van der Waals surface area contributed by atoms with Crippen LogP contribution >= 0.6 is 0 Å². The van der Waals surface area contributed by atoms with Crippen LogP contribution in [-0.4, -0.2) is 41.2 Å². The number of carbonyl (C=O) groups is 2. The fourth-order valence-electron chi connectivity index (χ4n) is 9.25. The van der Waals surface area contributed by atoms with Gasteiger partial charge < -0.3 is 20.1 Å². The number of likely N-dealkylation sites (tertiary alicyclic amines) is 1. The second-order valence-corrected chi connectivity index (χ2v) is 13.1. The Kier molecular flexibility index (Phi) is 6.63. The number of rotatable bonds is 4. The van der Waals surface area contributed by atoms with Crippen molar-refractivity contribution in [2.24, 2.45) is 28.6 Å². The van der Waals surface area contributed by atoms with E-state index in [1.165, 1.54) is 6.42 Å². The van der Waals surface area contributed by atoms with Crippen molar-refractivity contribution in [3.8, 4) is 5.75 Å². The standard InChI is InChI=1S/C33H42N2O4/c1-32-20-18-29(37)35(3)27(32)15-13-24-25-14-16-28(33(25,2)19-17-26(24)32)39-31(38)34-30(21-7-5-4-6-8-21)22-9-11-23(36)12-10-22/h4-12,24-28,30,36H,13-20H2,1-3H3,(H,34,38)/t24-,25-,26-,27+,28-,30?,32+,33-/m0/s1. The molecule has 3 saturated carbocycles. The van der Waals surface area contributed by atoms with E-state index in [2.05, 4.69) is 24.1 Å². The van der Waals surface area contributed by atoms with Gasteiger partial charge in [-0.3, -0.25) is 4.79 Å². The number of phenolic OH excluding ortho intramolecular Hbond substituents is 1. The fourth-order valence-corrected chi connectivity index (χ4v) is 9.25. The molecule has 0 spiro atoms. The van der Waals surface area contributed by atoms with Gasteiger partial charge >= 0.3 is 6.09 Å². The number of piperidine rings is 1. The Hall–Kier alpha value is -3.02. The lowest BCUT2D eigenvalue weighted by Crippen LogP contribution is -2.61. The summed E-state index contributed by atoms with van der Waals surface area (Å²) in [7, 11) is 2.01. The summed E-state index contributed by atoms with van der Waals surface area (Å²) in [6.45, 7) is 4.81. The lowest BCUT2D eigenvalue weighted by atomic mass is 9.47. The third kappa shape index (κ3) is 4.40. The van der Waals surface area contributed by atoms with Crippen molar-refractivity contribution in [1.82, 2.24) is 10.2 Å². The average Bonchev–Trinajstić information content (AvgIpc) is 3.26. The Labute approximate surface area is 232 Å². The number of amides is 2. The number of phenols is 1. The first-order valence-electron chi connectivity index (χ1n) is 14.8. The van der Waals surface area contributed by atoms with Gasteiger partial charge in [-0.15, -0.1) is 0 Å². The maximum atomic E-state index is 13.4. The molecule has 208 valence electrons. The summed E-state index contributed by atoms with van der Waals surface area (Å²) in [5.74, 6) is 2.32. The van der Waals surface area contributed by atoms with Crippen molar-refractivity contribution in [3.05, 3.63) is 65.7 Å². The van der Waals surface area contributed by atoms with Gasteiger partial charge in [-0.05, 0) is 91.4 Å². The van der Waals surface area contributed by atoms with Crippen LogP contribution in [0.1, 0.15) is 82.4 Å². The van der Waals surface area contributed by atoms with Crippen LogP contribution in [0, 0.1) is 28.6 Å². The predicted octanol–water partition coefficient (Wildman–Crippen LogP) is 6.44. The summed E-state index contributed by atoms with van der Waals surface area (Å²) in [5, 5.41) is 12.9. The molecule has 4 fully saturated rings. The van der Waals surface area contributed by atoms with Gasteiger partial charge in [-0.2, -0.15) is 0 Å². The van der Waals surface area contributed by atoms with Crippen LogP contribution in [0.25, 0.3) is 0 Å². The Morgan fingerprint density at radius 2 is 1.62 bits per heavy atom. The molecule has 6 nitrogen and oxygen atoms in total. The highest BCUT2D eigenvalue weighted by atomic mass is 16.6. The normalized spacial score (nSPS) is 36.3. The van der Waals surface area contributed by atoms with E-state index in [0.717, 1.165) is 49.7 Å². The molecule has 2 aromatic carbocycles. The smallest absolute Gasteiger partial charge is 0.408 e. The summed E-state index contributed by atoms with van der Waals surface area (Å²) in [6.07, 6.45) is 7.68. The van der Waals surface area contributed by atoms with Gasteiger partial charge in [0.15, 0.2) is 0 Å². The summed E-state index contributed by atoms with van der Waals surface area (Å²) in [5.41, 5.74) is 2.04. The minimum absolute atomic E-state index is 0.0150. The van der Waals surface area contributed by atoms with Gasteiger partial charge in [0, 0.05) is 24.9 Å². The second kappa shape index (κ2) is 9.87. The molecule has 39 heavy (non-hydrogen) atoms. The molecule has 1 aliphatic heterocycles. The highest BCUT2D eigenvalue weighted by molar-refractivity contribution is 5.77. The topological polar surface area (TPSA) is 78.9 Å². The Balaban J connectivity index is 1.17. The number of nitrogens with one attached hydrogen (secondary N) is 1. The van der Waals surface area contributed by atoms with Crippen molar-refractivity contribution >= 4 is 12.0 Å². The van der Waals surface area contributed by atoms with E-state index in [9.17, 15) is 14.7 Å². The van der Waals surface area contributed by atoms with Gasteiger partial charge in [0.2, 0.25) is 5.91 Å². The van der Waals surface area contributed by atoms with Crippen LogP contribution < -0.4 is 5.32 Å². The van der Waals surface area contributed by atoms with E-state index in [1.807, 2.05) is 49.5 Å². The molecule has 1 saturated heterocycles. The van der Waals surface area contributed by atoms with Gasteiger partial charge in [-0.1, -0.05) is 56.3 Å². The van der Waals surface area contributed by atoms with Crippen LogP contribution in [0.2, 0.25) is 0 Å². The maximum Gasteiger partial charge on any atom is 0.408 e. The number of ether oxygens (including phenoxy) is 1. The molecule has 2 N–H and O–H groups in total. The highest BCUT2D eigenvalue weighted by Gasteiger charge is 2.62. The molecule has 1 heterocycles. The lowest BCUT2D eigenvalue weighted by Gasteiger charge is -2.61. The van der Waals surface area contributed by atoms with Gasteiger partial charge in [-0.25, -0.2) is 4.79 Å². The third-order valence-corrected chi connectivity index (χ3v) is 11.3. The van der Waals surface area contributed by atoms with Crippen LogP contribution in [0.4, 0.5) is 4.79 Å². The maximum absolute atomic E-state index is 13.4. The zero-order chi connectivity index (χ0) is 27.4. The number of fused-ring (bicyclic) bond motifs is 5. The molecule has 0 aromatic heterocycles. The first-order chi connectivity index (χ1) is 18.7. The van der Waals surface area contributed by atoms with Crippen molar-refractivity contribution in [3.63, 3.8) is 0 Å². The number of benzene rings is 2. The Bertz CT molecular complexity index is 1220. The van der Waals surface area contributed by atoms with Crippen LogP contribution in [-0.2, 0) is 9.53 Å². The Morgan fingerprint density at radius 3 is 2.36 bits per heavy atom. The van der Waals surface area contributed by atoms with E-state index in [-0.39, 0.29) is 34.8 Å². The largest absolute Gasteiger partial charge is 0.508 e. The zero-order valence-corrected chi connectivity index (χ0v) is 23.4. The third-order valence-electron chi connectivity index (χ3n) is 11.3. The summed E-state index contributed by atoms with van der Waals surface area (Å²) in [4.78, 5) is 27.9. The summed E-state index contributed by atoms with van der Waals surface area (Å²) >= 11 is 0. The van der Waals surface area contributed by atoms with E-state index in [1.54, 1.807) is 12.1 Å². The molecule has 2 aromatic rings.